The number of hydrogen-bond donors (Lipinski definition) is 1. The van der Waals surface area contributed by atoms with E-state index in [1.165, 1.54) is 37.6 Å². The summed E-state index contributed by atoms with van der Waals surface area (Å²) in [5.41, 5.74) is 6.29. The van der Waals surface area contributed by atoms with Crippen molar-refractivity contribution in [3.05, 3.63) is 83.9 Å². The fourth-order valence-electron chi connectivity index (χ4n) is 3.82. The highest BCUT2D eigenvalue weighted by Crippen LogP contribution is 2.30. The molecule has 40 heavy (non-hydrogen) atoms. The molecule has 0 spiro atoms. The van der Waals surface area contributed by atoms with Crippen LogP contribution in [0.15, 0.2) is 83.1 Å². The summed E-state index contributed by atoms with van der Waals surface area (Å²) < 4.78 is 12.3. The Bertz CT molecular complexity index is 1510. The molecule has 1 aromatic heterocycles. The molecule has 1 amide bonds. The van der Waals surface area contributed by atoms with Crippen molar-refractivity contribution < 1.29 is 19.1 Å². The largest absolute Gasteiger partial charge is 0.493 e. The van der Waals surface area contributed by atoms with Crippen LogP contribution in [0.3, 0.4) is 0 Å². The van der Waals surface area contributed by atoms with Gasteiger partial charge in [-0.1, -0.05) is 75.0 Å². The Morgan fingerprint density at radius 2 is 1.73 bits per heavy atom. The Morgan fingerprint density at radius 1 is 1.00 bits per heavy atom. The number of aromatic nitrogens is 3. The van der Waals surface area contributed by atoms with E-state index in [1.54, 1.807) is 18.2 Å². The Morgan fingerprint density at radius 3 is 2.38 bits per heavy atom. The fourth-order valence-corrected chi connectivity index (χ4v) is 4.57. The normalized spacial score (nSPS) is 11.4. The van der Waals surface area contributed by atoms with Gasteiger partial charge in [0, 0.05) is 18.2 Å². The quantitative estimate of drug-likeness (QED) is 0.0964. The number of nitrogens with one attached hydrogen (secondary N) is 1. The molecule has 0 aliphatic heterocycles. The Balaban J connectivity index is 1.47. The molecule has 3 aromatic carbocycles. The van der Waals surface area contributed by atoms with Crippen molar-refractivity contribution in [3.63, 3.8) is 0 Å². The van der Waals surface area contributed by atoms with Crippen LogP contribution in [0.5, 0.6) is 11.5 Å². The monoisotopic (exact) mass is 557 g/mol. The van der Waals surface area contributed by atoms with E-state index >= 15 is 0 Å². The highest BCUT2D eigenvalue weighted by atomic mass is 32.2. The highest BCUT2D eigenvalue weighted by Gasteiger charge is 2.19. The second kappa shape index (κ2) is 12.6. The third-order valence-electron chi connectivity index (χ3n) is 5.83. The lowest BCUT2D eigenvalue weighted by Crippen LogP contribution is -2.20. The lowest BCUT2D eigenvalue weighted by Gasteiger charge is -2.19. The topological polar surface area (TPSA) is 108 Å². The fraction of sp³-hybridized carbons (Fsp3) is 0.233. The maximum Gasteiger partial charge on any atom is 0.308 e. The molecule has 0 bridgehead atoms. The van der Waals surface area contributed by atoms with Crippen molar-refractivity contribution in [3.8, 4) is 28.6 Å². The number of nitrogens with zero attached hydrogens (tertiary/aromatic N) is 4. The molecule has 0 unspecified atom stereocenters. The summed E-state index contributed by atoms with van der Waals surface area (Å²) in [6, 6.07) is 23.1. The zero-order chi connectivity index (χ0) is 28.7. The summed E-state index contributed by atoms with van der Waals surface area (Å²) in [6.45, 7) is 7.85. The number of thioether (sulfide) groups is 1. The van der Waals surface area contributed by atoms with E-state index in [0.29, 0.717) is 28.0 Å². The van der Waals surface area contributed by atoms with Crippen molar-refractivity contribution in [1.82, 2.24) is 20.2 Å². The van der Waals surface area contributed by atoms with Gasteiger partial charge in [-0.25, -0.2) is 5.43 Å². The molecule has 9 nitrogen and oxygen atoms in total. The molecular weight excluding hydrogens is 526 g/mol. The van der Waals surface area contributed by atoms with Crippen LogP contribution in [0.25, 0.3) is 17.1 Å². The van der Waals surface area contributed by atoms with Crippen LogP contribution in [0.1, 0.15) is 38.8 Å². The van der Waals surface area contributed by atoms with Gasteiger partial charge < -0.3 is 9.47 Å². The molecule has 206 valence electrons. The minimum atomic E-state index is -0.446. The molecule has 1 N–H and O–H groups in total. The number of esters is 1. The summed E-state index contributed by atoms with van der Waals surface area (Å²) in [4.78, 5) is 23.8. The van der Waals surface area contributed by atoms with Crippen LogP contribution < -0.4 is 14.9 Å². The second-order valence-electron chi connectivity index (χ2n) is 9.89. The zero-order valence-electron chi connectivity index (χ0n) is 23.0. The number of carbonyl (C=O) groups excluding carboxylic acids is 2. The molecule has 0 aliphatic rings. The minimum absolute atomic E-state index is 0.0436. The highest BCUT2D eigenvalue weighted by molar-refractivity contribution is 7.99. The minimum Gasteiger partial charge on any atom is -0.493 e. The maximum absolute atomic E-state index is 12.6. The first-order valence-corrected chi connectivity index (χ1v) is 13.6. The SMILES string of the molecule is COc1cc(/C=N\NC(=O)CSc2nnc(-c3ccc(C(C)(C)C)cc3)n2-c2ccccc2)ccc1OC(C)=O. The molecule has 4 rings (SSSR count). The Kier molecular flexibility index (Phi) is 9.00. The van der Waals surface area contributed by atoms with E-state index in [9.17, 15) is 9.59 Å². The number of amides is 1. The number of ether oxygens (including phenoxy) is 2. The van der Waals surface area contributed by atoms with Crippen molar-refractivity contribution in [2.24, 2.45) is 5.10 Å². The van der Waals surface area contributed by atoms with Crippen LogP contribution in [0.2, 0.25) is 0 Å². The molecule has 4 aromatic rings. The summed E-state index contributed by atoms with van der Waals surface area (Å²) in [6.07, 6.45) is 1.48. The number of benzene rings is 3. The van der Waals surface area contributed by atoms with Crippen LogP contribution in [0.4, 0.5) is 0 Å². The van der Waals surface area contributed by atoms with E-state index < -0.39 is 5.97 Å². The van der Waals surface area contributed by atoms with Crippen LogP contribution in [-0.2, 0) is 15.0 Å². The predicted molar refractivity (Wildman–Crippen MR) is 156 cm³/mol. The number of hydrazone groups is 1. The first-order valence-electron chi connectivity index (χ1n) is 12.6. The molecule has 0 aliphatic carbocycles. The molecule has 0 atom stereocenters. The Hall–Kier alpha value is -4.44. The average Bonchev–Trinajstić information content (AvgIpc) is 3.36. The molecule has 0 radical (unpaired) electrons. The van der Waals surface area contributed by atoms with Gasteiger partial charge in [0.15, 0.2) is 22.5 Å². The van der Waals surface area contributed by atoms with Crippen molar-refractivity contribution in [1.29, 1.82) is 0 Å². The molecule has 1 heterocycles. The summed E-state index contributed by atoms with van der Waals surface area (Å²) in [5, 5.41) is 13.5. The Labute approximate surface area is 237 Å². The van der Waals surface area contributed by atoms with Gasteiger partial charge in [0.1, 0.15) is 0 Å². The van der Waals surface area contributed by atoms with Crippen molar-refractivity contribution >= 4 is 29.9 Å². The van der Waals surface area contributed by atoms with Crippen LogP contribution >= 0.6 is 11.8 Å². The van der Waals surface area contributed by atoms with E-state index in [-0.39, 0.29) is 17.1 Å². The van der Waals surface area contributed by atoms with Crippen molar-refractivity contribution in [2.75, 3.05) is 12.9 Å². The van der Waals surface area contributed by atoms with E-state index in [2.05, 4.69) is 53.6 Å². The van der Waals surface area contributed by atoms with E-state index in [4.69, 9.17) is 9.47 Å². The van der Waals surface area contributed by atoms with Gasteiger partial charge in [-0.3, -0.25) is 14.2 Å². The van der Waals surface area contributed by atoms with Gasteiger partial charge in [-0.2, -0.15) is 5.10 Å². The van der Waals surface area contributed by atoms with Gasteiger partial charge in [-0.05, 0) is 46.9 Å². The van der Waals surface area contributed by atoms with Crippen LogP contribution in [0, 0.1) is 0 Å². The lowest BCUT2D eigenvalue weighted by molar-refractivity contribution is -0.132. The van der Waals surface area contributed by atoms with E-state index in [0.717, 1.165) is 11.3 Å². The second-order valence-corrected chi connectivity index (χ2v) is 10.8. The standard InChI is InChI=1S/C30H31N5O4S/c1-20(36)39-25-16-11-21(17-26(25)38-5)18-31-32-27(37)19-40-29-34-33-28(35(29)24-9-7-6-8-10-24)22-12-14-23(15-13-22)30(2,3)4/h6-18H,19H2,1-5H3,(H,32,37)/b31-18-. The van der Waals surface area contributed by atoms with Gasteiger partial charge in [-0.15, -0.1) is 10.2 Å². The number of para-hydroxylation sites is 1. The average molecular weight is 558 g/mol. The number of methoxy groups -OCH3 is 1. The molecule has 0 fully saturated rings. The molecule has 0 saturated heterocycles. The van der Waals surface area contributed by atoms with Gasteiger partial charge in [0.25, 0.3) is 5.91 Å². The van der Waals surface area contributed by atoms with Crippen LogP contribution in [-0.4, -0.2) is 45.7 Å². The number of hydrogen-bond acceptors (Lipinski definition) is 8. The number of carbonyl (C=O) groups is 2. The number of rotatable bonds is 9. The summed E-state index contributed by atoms with van der Waals surface area (Å²) in [5.74, 6) is 0.713. The van der Waals surface area contributed by atoms with Gasteiger partial charge in [0.05, 0.1) is 19.1 Å². The first kappa shape index (κ1) is 28.6. The molecule has 0 saturated carbocycles. The lowest BCUT2D eigenvalue weighted by atomic mass is 9.87. The first-order chi connectivity index (χ1) is 19.2. The third-order valence-corrected chi connectivity index (χ3v) is 6.76. The summed E-state index contributed by atoms with van der Waals surface area (Å²) >= 11 is 1.27. The third kappa shape index (κ3) is 7.15. The van der Waals surface area contributed by atoms with Gasteiger partial charge >= 0.3 is 5.97 Å². The maximum atomic E-state index is 12.6. The predicted octanol–water partition coefficient (Wildman–Crippen LogP) is 5.41. The summed E-state index contributed by atoms with van der Waals surface area (Å²) in [7, 11) is 1.47. The van der Waals surface area contributed by atoms with Crippen molar-refractivity contribution in [2.45, 2.75) is 38.3 Å². The zero-order valence-corrected chi connectivity index (χ0v) is 23.9. The van der Waals surface area contributed by atoms with E-state index in [1.807, 2.05) is 47.0 Å². The molecule has 10 heteroatoms. The smallest absolute Gasteiger partial charge is 0.308 e. The molecular formula is C30H31N5O4S. The van der Waals surface area contributed by atoms with Gasteiger partial charge in [0.2, 0.25) is 0 Å².